The van der Waals surface area contributed by atoms with Crippen LogP contribution in [0.5, 0.6) is 0 Å². The van der Waals surface area contributed by atoms with Crippen LogP contribution in [0.25, 0.3) is 0 Å². The van der Waals surface area contributed by atoms with E-state index >= 15 is 8.78 Å². The maximum Gasteiger partial charge on any atom is 0.470 e. The van der Waals surface area contributed by atoms with E-state index in [4.69, 9.17) is 9.47 Å². The summed E-state index contributed by atoms with van der Waals surface area (Å²) in [5, 5.41) is 11.8. The predicted molar refractivity (Wildman–Crippen MR) is 183 cm³/mol. The molecule has 3 saturated carbocycles. The van der Waals surface area contributed by atoms with Gasteiger partial charge in [0.2, 0.25) is 0 Å². The third kappa shape index (κ3) is 5.75. The van der Waals surface area contributed by atoms with Crippen molar-refractivity contribution < 1.29 is 51.8 Å². The SMILES string of the molecule is CC(C)Cc1cccc(Cc2ccc([C@@H]3O[C@@H]4C[C@H]5[C@@H]6C[C@H](F)C7=CC(=O)C=C[C@]7(C)[C@@]6(F)[C@@H](O)C[C@]5(C)[C@]4(C(=O)COP(=O)(O)O)O3)cc2)c1. The number of aliphatic hydroxyl groups is 1. The zero-order valence-electron chi connectivity index (χ0n) is 29.1. The van der Waals surface area contributed by atoms with Crippen LogP contribution in [0.3, 0.4) is 0 Å². The molecule has 0 aromatic heterocycles. The number of phosphoric acid groups is 1. The number of allylic oxidation sites excluding steroid dienone is 4. The molecule has 0 unspecified atom stereocenters. The Morgan fingerprint density at radius 3 is 2.45 bits per heavy atom. The summed E-state index contributed by atoms with van der Waals surface area (Å²) in [5.41, 5.74) is -3.21. The molecule has 1 saturated heterocycles. The normalized spacial score (nSPS) is 38.5. The smallest absolute Gasteiger partial charge is 0.390 e. The van der Waals surface area contributed by atoms with E-state index in [1.54, 1.807) is 6.92 Å². The largest absolute Gasteiger partial charge is 0.470 e. The highest BCUT2D eigenvalue weighted by molar-refractivity contribution is 7.46. The van der Waals surface area contributed by atoms with Gasteiger partial charge in [0.05, 0.1) is 12.2 Å². The van der Waals surface area contributed by atoms with Crippen LogP contribution in [0.2, 0.25) is 0 Å². The fourth-order valence-electron chi connectivity index (χ4n) is 10.2. The molecule has 9 nitrogen and oxygen atoms in total. The van der Waals surface area contributed by atoms with Gasteiger partial charge in [-0.3, -0.25) is 14.1 Å². The van der Waals surface area contributed by atoms with Gasteiger partial charge in [0, 0.05) is 22.3 Å². The average Bonchev–Trinajstić information content (AvgIpc) is 3.55. The predicted octanol–water partition coefficient (Wildman–Crippen LogP) is 6.24. The molecule has 274 valence electrons. The van der Waals surface area contributed by atoms with Gasteiger partial charge in [-0.25, -0.2) is 13.3 Å². The van der Waals surface area contributed by atoms with Gasteiger partial charge in [0.15, 0.2) is 29.1 Å². The van der Waals surface area contributed by atoms with Gasteiger partial charge in [0.25, 0.3) is 0 Å². The Hall–Kier alpha value is -2.89. The van der Waals surface area contributed by atoms with Crippen molar-refractivity contribution in [3.63, 3.8) is 0 Å². The Morgan fingerprint density at radius 1 is 1.06 bits per heavy atom. The lowest BCUT2D eigenvalue weighted by Crippen LogP contribution is -2.70. The number of fused-ring (bicyclic) bond motifs is 7. The standard InChI is InChI=1S/C39H45F2O9P/c1-22(2)14-24-6-5-7-25(16-24)15-23-8-10-26(11-9-23)35-49-34-19-28-29-18-31(40)30-17-27(42)12-13-36(30,3)38(29,41)32(43)20-37(28,4)39(34,50-35)33(44)21-48-51(45,46)47/h5-13,16-17,22,28-29,31-32,34-35,43H,14-15,18-21H2,1-4H3,(H2,45,46,47)/t28-,29-,31-,32-,34+,35+,36-,37-,38-,39+/m0/s1. The van der Waals surface area contributed by atoms with Crippen molar-refractivity contribution in [1.29, 1.82) is 0 Å². The van der Waals surface area contributed by atoms with E-state index in [0.717, 1.165) is 18.1 Å². The number of carbonyl (C=O) groups excluding carboxylic acids is 2. The molecule has 2 aromatic carbocycles. The van der Waals surface area contributed by atoms with Crippen LogP contribution in [0, 0.1) is 28.6 Å². The molecule has 4 fully saturated rings. The molecule has 0 spiro atoms. The molecule has 0 radical (unpaired) electrons. The summed E-state index contributed by atoms with van der Waals surface area (Å²) >= 11 is 0. The molecular formula is C39H45F2O9P. The van der Waals surface area contributed by atoms with Crippen molar-refractivity contribution in [1.82, 2.24) is 0 Å². The van der Waals surface area contributed by atoms with Gasteiger partial charge in [-0.1, -0.05) is 75.4 Å². The molecule has 12 heteroatoms. The number of phosphoric ester groups is 1. The Labute approximate surface area is 296 Å². The van der Waals surface area contributed by atoms with Crippen molar-refractivity contribution in [2.75, 3.05) is 6.61 Å². The molecule has 1 heterocycles. The Balaban J connectivity index is 1.20. The second-order valence-corrected chi connectivity index (χ2v) is 17.2. The Bertz CT molecular complexity index is 1840. The fourth-order valence-corrected chi connectivity index (χ4v) is 10.5. The van der Waals surface area contributed by atoms with Crippen LogP contribution in [-0.2, 0) is 41.0 Å². The topological polar surface area (TPSA) is 140 Å². The second kappa shape index (κ2) is 12.6. The molecule has 51 heavy (non-hydrogen) atoms. The van der Waals surface area contributed by atoms with Crippen LogP contribution >= 0.6 is 7.82 Å². The molecule has 5 aliphatic rings. The number of carbonyl (C=O) groups is 2. The molecule has 2 aromatic rings. The van der Waals surface area contributed by atoms with Gasteiger partial charge >= 0.3 is 7.82 Å². The number of alkyl halides is 2. The maximum atomic E-state index is 17.7. The lowest BCUT2D eigenvalue weighted by molar-refractivity contribution is -0.235. The van der Waals surface area contributed by atoms with Gasteiger partial charge in [-0.05, 0) is 85.3 Å². The van der Waals surface area contributed by atoms with Crippen molar-refractivity contribution in [3.8, 4) is 0 Å². The molecule has 10 atom stereocenters. The Kier molecular flexibility index (Phi) is 9.02. The molecule has 4 aliphatic carbocycles. The Morgan fingerprint density at radius 2 is 1.76 bits per heavy atom. The first-order valence-electron chi connectivity index (χ1n) is 17.6. The lowest BCUT2D eigenvalue weighted by atomic mass is 9.44. The summed E-state index contributed by atoms with van der Waals surface area (Å²) in [6.07, 6.45) is -0.714. The minimum absolute atomic E-state index is 0.0188. The number of rotatable bonds is 9. The third-order valence-corrected chi connectivity index (χ3v) is 12.9. The summed E-state index contributed by atoms with van der Waals surface area (Å²) in [5.74, 6) is -2.59. The molecular weight excluding hydrogens is 681 g/mol. The summed E-state index contributed by atoms with van der Waals surface area (Å²) in [7, 11) is -5.08. The number of Topliss-reactive ketones (excluding diaryl/α,β-unsaturated/α-hetero) is 1. The fraction of sp³-hybridized carbons (Fsp3) is 0.538. The minimum Gasteiger partial charge on any atom is -0.390 e. The van der Waals surface area contributed by atoms with E-state index in [1.807, 2.05) is 24.3 Å². The molecule has 0 bridgehead atoms. The summed E-state index contributed by atoms with van der Waals surface area (Å²) in [6.45, 7) is 6.52. The van der Waals surface area contributed by atoms with Crippen molar-refractivity contribution in [2.24, 2.45) is 28.6 Å². The van der Waals surface area contributed by atoms with Crippen LogP contribution < -0.4 is 0 Å². The molecule has 7 rings (SSSR count). The van der Waals surface area contributed by atoms with Gasteiger partial charge in [-0.2, -0.15) is 0 Å². The highest BCUT2D eigenvalue weighted by atomic mass is 31.2. The number of hydrogen-bond donors (Lipinski definition) is 3. The van der Waals surface area contributed by atoms with Gasteiger partial charge < -0.3 is 24.4 Å². The summed E-state index contributed by atoms with van der Waals surface area (Å²) in [6, 6.07) is 16.0. The van der Waals surface area contributed by atoms with Crippen molar-refractivity contribution in [3.05, 3.63) is 94.6 Å². The number of ketones is 2. The van der Waals surface area contributed by atoms with E-state index in [9.17, 15) is 29.0 Å². The first-order chi connectivity index (χ1) is 23.9. The van der Waals surface area contributed by atoms with Crippen LogP contribution in [0.1, 0.15) is 75.5 Å². The quantitative estimate of drug-likeness (QED) is 0.257. The lowest BCUT2D eigenvalue weighted by Gasteiger charge is -2.63. The van der Waals surface area contributed by atoms with Crippen molar-refractivity contribution in [2.45, 2.75) is 95.7 Å². The first-order valence-corrected chi connectivity index (χ1v) is 19.1. The third-order valence-electron chi connectivity index (χ3n) is 12.4. The number of halogens is 2. The first kappa shape index (κ1) is 36.5. The van der Waals surface area contributed by atoms with E-state index in [2.05, 4.69) is 42.6 Å². The summed E-state index contributed by atoms with van der Waals surface area (Å²) < 4.78 is 63.2. The number of benzene rings is 2. The number of hydrogen-bond acceptors (Lipinski definition) is 7. The zero-order valence-corrected chi connectivity index (χ0v) is 30.0. The molecule has 3 N–H and O–H groups in total. The average molecular weight is 727 g/mol. The van der Waals surface area contributed by atoms with E-state index in [1.165, 1.54) is 30.2 Å². The number of aliphatic hydroxyl groups excluding tert-OH is 1. The van der Waals surface area contributed by atoms with E-state index in [-0.39, 0.29) is 24.8 Å². The maximum absolute atomic E-state index is 17.7. The van der Waals surface area contributed by atoms with E-state index < -0.39 is 84.6 Å². The highest BCUT2D eigenvalue weighted by Gasteiger charge is 2.80. The molecule has 1 aliphatic heterocycles. The van der Waals surface area contributed by atoms with Crippen LogP contribution in [0.4, 0.5) is 8.78 Å². The van der Waals surface area contributed by atoms with E-state index in [0.29, 0.717) is 17.9 Å². The van der Waals surface area contributed by atoms with Crippen molar-refractivity contribution >= 4 is 19.4 Å². The monoisotopic (exact) mass is 726 g/mol. The zero-order chi connectivity index (χ0) is 36.7. The number of ether oxygens (including phenoxy) is 2. The second-order valence-electron chi connectivity index (χ2n) is 15.9. The van der Waals surface area contributed by atoms with Gasteiger partial charge in [-0.15, -0.1) is 0 Å². The highest BCUT2D eigenvalue weighted by Crippen LogP contribution is 2.72. The minimum atomic E-state index is -5.08. The van der Waals surface area contributed by atoms with Crippen LogP contribution in [-0.4, -0.2) is 62.7 Å². The summed E-state index contributed by atoms with van der Waals surface area (Å²) in [4.78, 5) is 45.4. The molecule has 0 amide bonds. The van der Waals surface area contributed by atoms with Crippen LogP contribution in [0.15, 0.2) is 72.3 Å². The van der Waals surface area contributed by atoms with Gasteiger partial charge in [0.1, 0.15) is 12.8 Å².